The van der Waals surface area contributed by atoms with Gasteiger partial charge < -0.3 is 15.4 Å². The van der Waals surface area contributed by atoms with Crippen molar-refractivity contribution < 1.29 is 9.53 Å². The number of urea groups is 1. The number of nitrogens with zero attached hydrogens (tertiary/aromatic N) is 4. The molecule has 2 N–H and O–H groups in total. The van der Waals surface area contributed by atoms with Gasteiger partial charge in [-0.15, -0.1) is 0 Å². The molecule has 128 valence electrons. The number of hydrogen-bond acceptors (Lipinski definition) is 5. The molecule has 3 heterocycles. The summed E-state index contributed by atoms with van der Waals surface area (Å²) in [5.41, 5.74) is 1.71. The lowest BCUT2D eigenvalue weighted by molar-refractivity contribution is 0.240. The number of nitrogens with one attached hydrogen (secondary N) is 2. The van der Waals surface area contributed by atoms with Gasteiger partial charge >= 0.3 is 6.03 Å². The fourth-order valence-electron chi connectivity index (χ4n) is 2.23. The zero-order chi connectivity index (χ0) is 17.5. The predicted molar refractivity (Wildman–Crippen MR) is 91.2 cm³/mol. The van der Waals surface area contributed by atoms with Gasteiger partial charge in [0.25, 0.3) is 0 Å². The summed E-state index contributed by atoms with van der Waals surface area (Å²) in [7, 11) is 1.55. The van der Waals surface area contributed by atoms with Crippen LogP contribution in [-0.2, 0) is 13.1 Å². The minimum Gasteiger partial charge on any atom is -0.481 e. The number of ether oxygens (including phenoxy) is 1. The van der Waals surface area contributed by atoms with Gasteiger partial charge in [-0.3, -0.25) is 4.57 Å². The van der Waals surface area contributed by atoms with Crippen LogP contribution < -0.4 is 15.4 Å². The van der Waals surface area contributed by atoms with E-state index in [9.17, 15) is 4.79 Å². The van der Waals surface area contributed by atoms with E-state index in [2.05, 4.69) is 25.6 Å². The van der Waals surface area contributed by atoms with Gasteiger partial charge in [0.05, 0.1) is 7.11 Å². The highest BCUT2D eigenvalue weighted by Crippen LogP contribution is 2.12. The molecule has 0 saturated heterocycles. The zero-order valence-corrected chi connectivity index (χ0v) is 13.7. The minimum atomic E-state index is -0.274. The molecule has 3 aromatic rings. The average Bonchev–Trinajstić information content (AvgIpc) is 3.20. The lowest BCUT2D eigenvalue weighted by Gasteiger charge is -2.10. The molecule has 0 atom stereocenters. The molecule has 0 aromatic carbocycles. The topological polar surface area (TPSA) is 94.0 Å². The summed E-state index contributed by atoms with van der Waals surface area (Å²) in [5, 5.41) is 5.57. The maximum atomic E-state index is 11.9. The number of hydrogen-bond donors (Lipinski definition) is 2. The van der Waals surface area contributed by atoms with Crippen LogP contribution in [0, 0.1) is 0 Å². The third-order valence-corrected chi connectivity index (χ3v) is 3.51. The number of carbonyl (C=O) groups excluding carboxylic acids is 1. The Balaban J connectivity index is 1.49. The Hall–Kier alpha value is -3.42. The molecule has 8 heteroatoms. The molecule has 2 amide bonds. The van der Waals surface area contributed by atoms with Gasteiger partial charge in [-0.05, 0) is 17.7 Å². The summed E-state index contributed by atoms with van der Waals surface area (Å²) in [6.07, 6.45) is 8.56. The molecule has 8 nitrogen and oxygen atoms in total. The van der Waals surface area contributed by atoms with E-state index in [1.165, 1.54) is 0 Å². The van der Waals surface area contributed by atoms with E-state index in [4.69, 9.17) is 4.74 Å². The fourth-order valence-corrected chi connectivity index (χ4v) is 2.23. The van der Waals surface area contributed by atoms with Gasteiger partial charge in [0.15, 0.2) is 0 Å². The largest absolute Gasteiger partial charge is 0.481 e. The van der Waals surface area contributed by atoms with Crippen molar-refractivity contribution in [2.24, 2.45) is 0 Å². The van der Waals surface area contributed by atoms with Crippen LogP contribution in [0.4, 0.5) is 4.79 Å². The van der Waals surface area contributed by atoms with Crippen LogP contribution in [0.15, 0.2) is 55.4 Å². The summed E-state index contributed by atoms with van der Waals surface area (Å²) in [4.78, 5) is 24.3. The third-order valence-electron chi connectivity index (χ3n) is 3.51. The molecule has 3 aromatic heterocycles. The van der Waals surface area contributed by atoms with Gasteiger partial charge in [-0.25, -0.2) is 19.7 Å². The molecule has 0 unspecified atom stereocenters. The van der Waals surface area contributed by atoms with Crippen LogP contribution in [0.1, 0.15) is 11.1 Å². The first-order valence-corrected chi connectivity index (χ1v) is 7.69. The van der Waals surface area contributed by atoms with E-state index in [0.29, 0.717) is 19.0 Å². The summed E-state index contributed by atoms with van der Waals surface area (Å²) < 4.78 is 6.96. The highest BCUT2D eigenvalue weighted by atomic mass is 16.5. The van der Waals surface area contributed by atoms with Crippen molar-refractivity contribution in [3.8, 4) is 11.7 Å². The highest BCUT2D eigenvalue weighted by molar-refractivity contribution is 5.73. The van der Waals surface area contributed by atoms with Gasteiger partial charge in [0, 0.05) is 43.4 Å². The third kappa shape index (κ3) is 4.31. The first kappa shape index (κ1) is 16.4. The van der Waals surface area contributed by atoms with Crippen LogP contribution in [0.3, 0.4) is 0 Å². The highest BCUT2D eigenvalue weighted by Gasteiger charge is 2.06. The summed E-state index contributed by atoms with van der Waals surface area (Å²) in [5.74, 6) is 1.27. The fraction of sp³-hybridized carbons (Fsp3) is 0.176. The second-order valence-electron chi connectivity index (χ2n) is 5.20. The number of amides is 2. The summed E-state index contributed by atoms with van der Waals surface area (Å²) in [6.45, 7) is 0.716. The predicted octanol–water partition coefficient (Wildman–Crippen LogP) is 1.67. The van der Waals surface area contributed by atoms with E-state index < -0.39 is 0 Å². The molecule has 3 rings (SSSR count). The number of carbonyl (C=O) groups is 1. The molecule has 0 aliphatic heterocycles. The maximum Gasteiger partial charge on any atom is 0.315 e. The first-order chi connectivity index (χ1) is 12.3. The van der Waals surface area contributed by atoms with E-state index in [1.54, 1.807) is 38.1 Å². The van der Waals surface area contributed by atoms with Crippen molar-refractivity contribution in [2.45, 2.75) is 13.1 Å². The Bertz CT molecular complexity index is 817. The normalized spacial score (nSPS) is 10.3. The standard InChI is InChI=1S/C17H18N6O2/c1-25-16-14(3-2-6-19-16)11-22-17(24)21-10-13-4-5-15(20-9-13)23-8-7-18-12-23/h2-9,12H,10-11H2,1H3,(H2,21,22,24). The minimum absolute atomic E-state index is 0.274. The molecule has 25 heavy (non-hydrogen) atoms. The Morgan fingerprint density at radius 2 is 2.04 bits per heavy atom. The van der Waals surface area contributed by atoms with Crippen molar-refractivity contribution in [2.75, 3.05) is 7.11 Å². The van der Waals surface area contributed by atoms with Gasteiger partial charge in [0.2, 0.25) is 5.88 Å². The van der Waals surface area contributed by atoms with E-state index in [-0.39, 0.29) is 6.03 Å². The van der Waals surface area contributed by atoms with Gasteiger partial charge in [-0.2, -0.15) is 0 Å². The van der Waals surface area contributed by atoms with E-state index in [0.717, 1.165) is 16.9 Å². The molecular formula is C17H18N6O2. The monoisotopic (exact) mass is 338 g/mol. The van der Waals surface area contributed by atoms with Gasteiger partial charge in [0.1, 0.15) is 12.1 Å². The van der Waals surface area contributed by atoms with E-state index >= 15 is 0 Å². The van der Waals surface area contributed by atoms with E-state index in [1.807, 2.05) is 29.0 Å². The number of aromatic nitrogens is 4. The van der Waals surface area contributed by atoms with Crippen molar-refractivity contribution in [3.05, 3.63) is 66.5 Å². The molecule has 0 fully saturated rings. The van der Waals surface area contributed by atoms with Gasteiger partial charge in [-0.1, -0.05) is 12.1 Å². The molecule has 0 saturated carbocycles. The van der Waals surface area contributed by atoms with Crippen LogP contribution >= 0.6 is 0 Å². The second kappa shape index (κ2) is 7.91. The molecule has 0 spiro atoms. The number of pyridine rings is 2. The molecule has 0 bridgehead atoms. The summed E-state index contributed by atoms with van der Waals surface area (Å²) in [6, 6.07) is 7.16. The zero-order valence-electron chi connectivity index (χ0n) is 13.7. The van der Waals surface area contributed by atoms with Crippen molar-refractivity contribution in [1.82, 2.24) is 30.2 Å². The Morgan fingerprint density at radius 3 is 2.76 bits per heavy atom. The Kier molecular flexibility index (Phi) is 5.20. The van der Waals surface area contributed by atoms with Crippen LogP contribution in [-0.4, -0.2) is 32.7 Å². The Labute approximate surface area is 144 Å². The average molecular weight is 338 g/mol. The number of methoxy groups -OCH3 is 1. The van der Waals surface area contributed by atoms with Crippen molar-refractivity contribution in [3.63, 3.8) is 0 Å². The lowest BCUT2D eigenvalue weighted by atomic mass is 10.2. The molecule has 0 aliphatic carbocycles. The smallest absolute Gasteiger partial charge is 0.315 e. The SMILES string of the molecule is COc1ncccc1CNC(=O)NCc1ccc(-n2ccnc2)nc1. The molecular weight excluding hydrogens is 320 g/mol. The Morgan fingerprint density at radius 1 is 1.16 bits per heavy atom. The van der Waals surface area contributed by atoms with Crippen molar-refractivity contribution in [1.29, 1.82) is 0 Å². The first-order valence-electron chi connectivity index (χ1n) is 7.69. The maximum absolute atomic E-state index is 11.9. The molecule has 0 aliphatic rings. The summed E-state index contributed by atoms with van der Waals surface area (Å²) >= 11 is 0. The quantitative estimate of drug-likeness (QED) is 0.713. The lowest BCUT2D eigenvalue weighted by Crippen LogP contribution is -2.34. The van der Waals surface area contributed by atoms with Crippen LogP contribution in [0.2, 0.25) is 0 Å². The second-order valence-corrected chi connectivity index (χ2v) is 5.20. The molecule has 0 radical (unpaired) electrons. The number of imidazole rings is 1. The van der Waals surface area contributed by atoms with Crippen LogP contribution in [0.5, 0.6) is 5.88 Å². The van der Waals surface area contributed by atoms with Crippen LogP contribution in [0.25, 0.3) is 5.82 Å². The number of rotatable bonds is 6. The van der Waals surface area contributed by atoms with Crippen molar-refractivity contribution >= 4 is 6.03 Å².